The van der Waals surface area contributed by atoms with E-state index >= 15 is 0 Å². The number of hydrogen-bond donors (Lipinski definition) is 2. The average Bonchev–Trinajstić information content (AvgIpc) is 2.44. The van der Waals surface area contributed by atoms with Crippen molar-refractivity contribution in [3.05, 3.63) is 20.8 Å². The van der Waals surface area contributed by atoms with E-state index in [1.807, 2.05) is 6.92 Å². The Hall–Kier alpha value is -1.72. The van der Waals surface area contributed by atoms with E-state index in [9.17, 15) is 9.59 Å². The van der Waals surface area contributed by atoms with Crippen LogP contribution in [0.1, 0.15) is 46.5 Å². The van der Waals surface area contributed by atoms with Crippen LogP contribution in [0.15, 0.2) is 9.59 Å². The van der Waals surface area contributed by atoms with E-state index in [-0.39, 0.29) is 17.1 Å². The Morgan fingerprint density at radius 3 is 2.48 bits per heavy atom. The highest BCUT2D eigenvalue weighted by Gasteiger charge is 2.14. The quantitative estimate of drug-likeness (QED) is 0.716. The largest absolute Gasteiger partial charge is 0.383 e. The lowest BCUT2D eigenvalue weighted by atomic mass is 10.1. The number of nitrogens with two attached hydrogens (primary N) is 1. The first-order valence-corrected chi connectivity index (χ1v) is 7.73. The van der Waals surface area contributed by atoms with Gasteiger partial charge >= 0.3 is 5.69 Å². The van der Waals surface area contributed by atoms with Crippen LogP contribution in [0.5, 0.6) is 0 Å². The highest BCUT2D eigenvalue weighted by molar-refractivity contribution is 5.60. The maximum absolute atomic E-state index is 12.1. The summed E-state index contributed by atoms with van der Waals surface area (Å²) in [5, 5.41) is 3.10. The van der Waals surface area contributed by atoms with Crippen LogP contribution in [0, 0.1) is 5.92 Å². The predicted molar refractivity (Wildman–Crippen MR) is 87.8 cm³/mol. The van der Waals surface area contributed by atoms with E-state index < -0.39 is 0 Å². The molecule has 0 unspecified atom stereocenters. The van der Waals surface area contributed by atoms with Crippen LogP contribution >= 0.6 is 0 Å². The molecule has 0 radical (unpaired) electrons. The van der Waals surface area contributed by atoms with E-state index in [0.717, 1.165) is 23.8 Å². The van der Waals surface area contributed by atoms with Gasteiger partial charge in [-0.25, -0.2) is 4.79 Å². The number of unbranched alkanes of at least 4 members (excludes halogenated alkanes) is 1. The van der Waals surface area contributed by atoms with Crippen molar-refractivity contribution in [2.75, 3.05) is 17.6 Å². The molecule has 1 rings (SSSR count). The van der Waals surface area contributed by atoms with Gasteiger partial charge in [-0.3, -0.25) is 13.9 Å². The van der Waals surface area contributed by atoms with Crippen molar-refractivity contribution in [3.63, 3.8) is 0 Å². The summed E-state index contributed by atoms with van der Waals surface area (Å²) in [4.78, 5) is 24.2. The molecule has 0 atom stereocenters. The fraction of sp³-hybridized carbons (Fsp3) is 0.733. The van der Waals surface area contributed by atoms with Crippen LogP contribution in [0.3, 0.4) is 0 Å². The highest BCUT2D eigenvalue weighted by atomic mass is 16.2. The minimum atomic E-state index is -0.357. The SMILES string of the molecule is CCCn1c(N)c(NCCCCC(C)C)c(=O)n(C)c1=O. The van der Waals surface area contributed by atoms with Crippen molar-refractivity contribution in [1.82, 2.24) is 9.13 Å². The normalized spacial score (nSPS) is 11.1. The fourth-order valence-electron chi connectivity index (χ4n) is 2.28. The highest BCUT2D eigenvalue weighted by Crippen LogP contribution is 2.12. The van der Waals surface area contributed by atoms with E-state index in [4.69, 9.17) is 5.73 Å². The molecule has 0 spiro atoms. The van der Waals surface area contributed by atoms with Crippen LogP contribution in [0.25, 0.3) is 0 Å². The van der Waals surface area contributed by atoms with Crippen LogP contribution in [-0.4, -0.2) is 15.7 Å². The topological polar surface area (TPSA) is 82.0 Å². The van der Waals surface area contributed by atoms with Gasteiger partial charge in [-0.15, -0.1) is 0 Å². The molecule has 1 heterocycles. The number of aromatic nitrogens is 2. The molecule has 0 aliphatic carbocycles. The number of nitrogens with zero attached hydrogens (tertiary/aromatic N) is 2. The van der Waals surface area contributed by atoms with Gasteiger partial charge in [0.25, 0.3) is 5.56 Å². The molecule has 21 heavy (non-hydrogen) atoms. The van der Waals surface area contributed by atoms with Gasteiger partial charge in [0.2, 0.25) is 0 Å². The third kappa shape index (κ3) is 4.37. The minimum absolute atomic E-state index is 0.244. The molecular formula is C15H28N4O2. The van der Waals surface area contributed by atoms with Crippen molar-refractivity contribution in [3.8, 4) is 0 Å². The Morgan fingerprint density at radius 2 is 1.90 bits per heavy atom. The average molecular weight is 296 g/mol. The maximum atomic E-state index is 12.1. The van der Waals surface area contributed by atoms with E-state index in [0.29, 0.717) is 24.7 Å². The molecule has 0 aliphatic heterocycles. The molecule has 0 saturated carbocycles. The molecule has 0 bridgehead atoms. The first-order chi connectivity index (χ1) is 9.90. The molecule has 0 amide bonds. The lowest BCUT2D eigenvalue weighted by Crippen LogP contribution is -2.40. The standard InChI is InChI=1S/C15H28N4O2/c1-5-10-19-13(16)12(14(20)18(4)15(19)21)17-9-7-6-8-11(2)3/h11,17H,5-10,16H2,1-4H3. The van der Waals surface area contributed by atoms with Gasteiger partial charge in [0, 0.05) is 20.1 Å². The van der Waals surface area contributed by atoms with Gasteiger partial charge in [-0.1, -0.05) is 33.6 Å². The number of hydrogen-bond acceptors (Lipinski definition) is 4. The van der Waals surface area contributed by atoms with Gasteiger partial charge in [0.05, 0.1) is 0 Å². The lowest BCUT2D eigenvalue weighted by molar-refractivity contribution is 0.544. The van der Waals surface area contributed by atoms with Gasteiger partial charge in [-0.05, 0) is 18.8 Å². The summed E-state index contributed by atoms with van der Waals surface area (Å²) in [6, 6.07) is 0. The third-order valence-electron chi connectivity index (χ3n) is 3.54. The van der Waals surface area contributed by atoms with Crippen molar-refractivity contribution in [2.24, 2.45) is 13.0 Å². The summed E-state index contributed by atoms with van der Waals surface area (Å²) in [6.07, 6.45) is 4.05. The predicted octanol–water partition coefficient (Wildman–Crippen LogP) is 1.78. The lowest BCUT2D eigenvalue weighted by Gasteiger charge is -2.15. The summed E-state index contributed by atoms with van der Waals surface area (Å²) >= 11 is 0. The molecule has 3 N–H and O–H groups in total. The Morgan fingerprint density at radius 1 is 1.24 bits per heavy atom. The Bertz CT molecular complexity index is 572. The second-order valence-corrected chi connectivity index (χ2v) is 5.88. The second-order valence-electron chi connectivity index (χ2n) is 5.88. The third-order valence-corrected chi connectivity index (χ3v) is 3.54. The van der Waals surface area contributed by atoms with Crippen molar-refractivity contribution in [1.29, 1.82) is 0 Å². The first kappa shape index (κ1) is 17.3. The van der Waals surface area contributed by atoms with E-state index in [1.54, 1.807) is 0 Å². The zero-order valence-corrected chi connectivity index (χ0v) is 13.6. The number of nitrogen functional groups attached to an aromatic ring is 1. The Labute approximate surface area is 126 Å². The van der Waals surface area contributed by atoms with Gasteiger partial charge in [-0.2, -0.15) is 0 Å². The molecule has 0 fully saturated rings. The summed E-state index contributed by atoms with van der Waals surface area (Å²) in [6.45, 7) is 7.57. The van der Waals surface area contributed by atoms with Crippen LogP contribution < -0.4 is 22.3 Å². The zero-order chi connectivity index (χ0) is 16.0. The first-order valence-electron chi connectivity index (χ1n) is 7.73. The van der Waals surface area contributed by atoms with Gasteiger partial charge in [0.1, 0.15) is 11.5 Å². The smallest absolute Gasteiger partial charge is 0.332 e. The van der Waals surface area contributed by atoms with Crippen molar-refractivity contribution >= 4 is 11.5 Å². The molecule has 6 nitrogen and oxygen atoms in total. The number of anilines is 2. The zero-order valence-electron chi connectivity index (χ0n) is 13.6. The number of rotatable bonds is 8. The molecule has 0 saturated heterocycles. The second kappa shape index (κ2) is 7.90. The van der Waals surface area contributed by atoms with Crippen LogP contribution in [0.2, 0.25) is 0 Å². The van der Waals surface area contributed by atoms with Crippen molar-refractivity contribution < 1.29 is 0 Å². The Balaban J connectivity index is 2.87. The summed E-state index contributed by atoms with van der Waals surface area (Å²) in [5.41, 5.74) is 5.62. The molecule has 120 valence electrons. The Kier molecular flexibility index (Phi) is 6.52. The van der Waals surface area contributed by atoms with Crippen LogP contribution in [0.4, 0.5) is 11.5 Å². The maximum Gasteiger partial charge on any atom is 0.332 e. The summed E-state index contributed by atoms with van der Waals surface area (Å²) < 4.78 is 2.57. The molecule has 1 aromatic rings. The molecule has 6 heteroatoms. The fourth-order valence-corrected chi connectivity index (χ4v) is 2.28. The summed E-state index contributed by atoms with van der Waals surface area (Å²) in [5.74, 6) is 0.934. The molecule has 0 aromatic carbocycles. The van der Waals surface area contributed by atoms with E-state index in [2.05, 4.69) is 19.2 Å². The van der Waals surface area contributed by atoms with E-state index in [1.165, 1.54) is 18.0 Å². The monoisotopic (exact) mass is 296 g/mol. The van der Waals surface area contributed by atoms with Crippen LogP contribution in [-0.2, 0) is 13.6 Å². The minimum Gasteiger partial charge on any atom is -0.383 e. The molecular weight excluding hydrogens is 268 g/mol. The van der Waals surface area contributed by atoms with Gasteiger partial charge < -0.3 is 11.1 Å². The molecule has 0 aliphatic rings. The molecule has 1 aromatic heterocycles. The number of nitrogens with one attached hydrogen (secondary N) is 1. The summed E-state index contributed by atoms with van der Waals surface area (Å²) in [7, 11) is 1.49. The van der Waals surface area contributed by atoms with Crippen molar-refractivity contribution in [2.45, 2.75) is 53.0 Å². The van der Waals surface area contributed by atoms with Gasteiger partial charge in [0.15, 0.2) is 0 Å².